The van der Waals surface area contributed by atoms with Gasteiger partial charge in [0, 0.05) is 17.2 Å². The molecule has 1 aromatic rings. The fraction of sp³-hybridized carbons (Fsp3) is 0. The van der Waals surface area contributed by atoms with Crippen molar-refractivity contribution in [1.29, 1.82) is 0 Å². The van der Waals surface area contributed by atoms with Crippen molar-refractivity contribution in [2.75, 3.05) is 0 Å². The molecule has 1 N–H and O–H groups in total. The number of hydrogen-bond donors (Lipinski definition) is 1. The summed E-state index contributed by atoms with van der Waals surface area (Å²) < 4.78 is 0.390. The quantitative estimate of drug-likeness (QED) is 0.399. The second-order valence-corrected chi connectivity index (χ2v) is 5.89. The van der Waals surface area contributed by atoms with Gasteiger partial charge in [-0.1, -0.05) is 35.6 Å². The Labute approximate surface area is 128 Å². The van der Waals surface area contributed by atoms with Gasteiger partial charge in [0.15, 0.2) is 0 Å². The van der Waals surface area contributed by atoms with Crippen molar-refractivity contribution in [3.8, 4) is 0 Å². The molecule has 0 bridgehead atoms. The monoisotopic (exact) mass is 326 g/mol. The lowest BCUT2D eigenvalue weighted by Crippen LogP contribution is -2.17. The van der Waals surface area contributed by atoms with Crippen LogP contribution in [0.4, 0.5) is 5.69 Å². The largest absolute Gasteiger partial charge is 0.307 e. The summed E-state index contributed by atoms with van der Waals surface area (Å²) in [4.78, 5) is 21.9. The van der Waals surface area contributed by atoms with Crippen molar-refractivity contribution in [3.05, 3.63) is 56.0 Å². The van der Waals surface area contributed by atoms with Gasteiger partial charge in [-0.05, 0) is 29.8 Å². The van der Waals surface area contributed by atoms with Crippen LogP contribution in [0.3, 0.4) is 0 Å². The highest BCUT2D eigenvalue weighted by atomic mass is 35.5. The van der Waals surface area contributed by atoms with Crippen molar-refractivity contribution in [2.45, 2.75) is 0 Å². The zero-order valence-corrected chi connectivity index (χ0v) is 12.2. The number of carbonyl (C=O) groups excluding carboxylic acids is 1. The van der Waals surface area contributed by atoms with Crippen LogP contribution in [0.1, 0.15) is 5.56 Å². The summed E-state index contributed by atoms with van der Waals surface area (Å²) >= 11 is 12.0. The van der Waals surface area contributed by atoms with Crippen LogP contribution in [0, 0.1) is 10.1 Å². The average Bonchev–Trinajstić information content (AvgIpc) is 2.68. The van der Waals surface area contributed by atoms with E-state index in [1.165, 1.54) is 18.2 Å². The zero-order chi connectivity index (χ0) is 14.7. The van der Waals surface area contributed by atoms with Gasteiger partial charge in [0.25, 0.3) is 11.6 Å². The summed E-state index contributed by atoms with van der Waals surface area (Å²) in [6, 6.07) is 5.92. The molecule has 5 nitrogen and oxygen atoms in total. The lowest BCUT2D eigenvalue weighted by molar-refractivity contribution is -0.384. The SMILES string of the molecule is O=C1NC(=S)SC1=CC(Cl)=Cc1ccc([N+](=O)[O-])cc1. The third-order valence-corrected chi connectivity index (χ3v) is 3.70. The second kappa shape index (κ2) is 6.17. The van der Waals surface area contributed by atoms with E-state index < -0.39 is 4.92 Å². The van der Waals surface area contributed by atoms with Crippen LogP contribution in [0.15, 0.2) is 40.3 Å². The highest BCUT2D eigenvalue weighted by molar-refractivity contribution is 8.26. The van der Waals surface area contributed by atoms with E-state index in [1.807, 2.05) is 0 Å². The number of nitrogens with one attached hydrogen (secondary N) is 1. The molecule has 1 aliphatic heterocycles. The van der Waals surface area contributed by atoms with Crippen LogP contribution in [0.5, 0.6) is 0 Å². The highest BCUT2D eigenvalue weighted by Crippen LogP contribution is 2.26. The first-order valence-electron chi connectivity index (χ1n) is 5.32. The topological polar surface area (TPSA) is 72.2 Å². The Bertz CT molecular complexity index is 653. The van der Waals surface area contributed by atoms with Gasteiger partial charge in [0.1, 0.15) is 4.32 Å². The Morgan fingerprint density at radius 2 is 2.05 bits per heavy atom. The Hall–Kier alpha value is -1.70. The molecule has 0 unspecified atom stereocenters. The van der Waals surface area contributed by atoms with Gasteiger partial charge >= 0.3 is 0 Å². The number of nitro benzene ring substituents is 1. The fourth-order valence-electron chi connectivity index (χ4n) is 1.44. The first kappa shape index (κ1) is 14.7. The van der Waals surface area contributed by atoms with Crippen molar-refractivity contribution in [1.82, 2.24) is 5.32 Å². The van der Waals surface area contributed by atoms with E-state index >= 15 is 0 Å². The first-order valence-corrected chi connectivity index (χ1v) is 6.92. The zero-order valence-electron chi connectivity index (χ0n) is 9.83. The minimum absolute atomic E-state index is 0.00713. The third kappa shape index (κ3) is 3.66. The minimum atomic E-state index is -0.475. The fourth-order valence-corrected chi connectivity index (χ4v) is 2.77. The molecule has 102 valence electrons. The lowest BCUT2D eigenvalue weighted by Gasteiger charge is -1.96. The molecule has 0 aromatic heterocycles. The van der Waals surface area contributed by atoms with Crippen LogP contribution in [0.25, 0.3) is 6.08 Å². The summed E-state index contributed by atoms with van der Waals surface area (Å²) in [6.45, 7) is 0. The second-order valence-electron chi connectivity index (χ2n) is 3.73. The van der Waals surface area contributed by atoms with Crippen molar-refractivity contribution >= 4 is 57.6 Å². The Morgan fingerprint density at radius 1 is 1.40 bits per heavy atom. The van der Waals surface area contributed by atoms with E-state index in [1.54, 1.807) is 18.2 Å². The number of nitrogens with zero attached hydrogens (tertiary/aromatic N) is 1. The van der Waals surface area contributed by atoms with Crippen LogP contribution >= 0.6 is 35.6 Å². The Morgan fingerprint density at radius 3 is 2.55 bits per heavy atom. The molecular formula is C12H7ClN2O3S2. The smallest absolute Gasteiger partial charge is 0.269 e. The molecule has 8 heteroatoms. The molecular weight excluding hydrogens is 320 g/mol. The standard InChI is InChI=1S/C12H7ClN2O3S2/c13-8(6-10-11(16)14-12(19)20-10)5-7-1-3-9(4-2-7)15(17)18/h1-6H,(H,14,16,19). The summed E-state index contributed by atoms with van der Waals surface area (Å²) in [6.07, 6.45) is 3.11. The number of hydrogen-bond acceptors (Lipinski definition) is 5. The predicted octanol–water partition coefficient (Wildman–Crippen LogP) is 3.21. The molecule has 0 saturated carbocycles. The number of halogens is 1. The van der Waals surface area contributed by atoms with Crippen molar-refractivity contribution in [3.63, 3.8) is 0 Å². The molecule has 1 heterocycles. The van der Waals surface area contributed by atoms with E-state index in [2.05, 4.69) is 5.32 Å². The van der Waals surface area contributed by atoms with Crippen LogP contribution in [-0.2, 0) is 4.79 Å². The van der Waals surface area contributed by atoms with Gasteiger partial charge in [-0.15, -0.1) is 0 Å². The number of thiocarbonyl (C=S) groups is 1. The number of amides is 1. The maximum Gasteiger partial charge on any atom is 0.269 e. The molecule has 1 aromatic carbocycles. The number of rotatable bonds is 3. The molecule has 0 aliphatic carbocycles. The van der Waals surface area contributed by atoms with E-state index in [9.17, 15) is 14.9 Å². The van der Waals surface area contributed by atoms with Crippen molar-refractivity contribution in [2.24, 2.45) is 0 Å². The minimum Gasteiger partial charge on any atom is -0.307 e. The molecule has 1 fully saturated rings. The third-order valence-electron chi connectivity index (χ3n) is 2.32. The predicted molar refractivity (Wildman–Crippen MR) is 83.3 cm³/mol. The van der Waals surface area contributed by atoms with Gasteiger partial charge in [-0.3, -0.25) is 14.9 Å². The number of allylic oxidation sites excluding steroid dienone is 2. The summed E-state index contributed by atoms with van der Waals surface area (Å²) in [5.74, 6) is -0.282. The van der Waals surface area contributed by atoms with E-state index in [-0.39, 0.29) is 11.6 Å². The van der Waals surface area contributed by atoms with Crippen molar-refractivity contribution < 1.29 is 9.72 Å². The van der Waals surface area contributed by atoms with Gasteiger partial charge < -0.3 is 5.32 Å². The number of benzene rings is 1. The molecule has 2 rings (SSSR count). The van der Waals surface area contributed by atoms with E-state index in [4.69, 9.17) is 23.8 Å². The number of non-ortho nitro benzene ring substituents is 1. The lowest BCUT2D eigenvalue weighted by atomic mass is 10.2. The first-order chi connectivity index (χ1) is 9.45. The molecule has 1 amide bonds. The average molecular weight is 327 g/mol. The molecule has 20 heavy (non-hydrogen) atoms. The summed E-state index contributed by atoms with van der Waals surface area (Å²) in [5, 5.41) is 13.3. The van der Waals surface area contributed by atoms with Gasteiger partial charge in [0.05, 0.1) is 9.83 Å². The van der Waals surface area contributed by atoms with Gasteiger partial charge in [0.2, 0.25) is 0 Å². The summed E-state index contributed by atoms with van der Waals surface area (Å²) in [7, 11) is 0. The number of thioether (sulfide) groups is 1. The number of nitro groups is 1. The van der Waals surface area contributed by atoms with Gasteiger partial charge in [-0.25, -0.2) is 0 Å². The maximum atomic E-state index is 11.4. The number of carbonyl (C=O) groups is 1. The Balaban J connectivity index is 2.18. The molecule has 1 saturated heterocycles. The van der Waals surface area contributed by atoms with E-state index in [0.29, 0.717) is 19.8 Å². The van der Waals surface area contributed by atoms with Crippen LogP contribution < -0.4 is 5.32 Å². The molecule has 0 atom stereocenters. The molecule has 1 aliphatic rings. The maximum absolute atomic E-state index is 11.4. The summed E-state index contributed by atoms with van der Waals surface area (Å²) in [5.41, 5.74) is 0.705. The Kier molecular flexibility index (Phi) is 4.53. The van der Waals surface area contributed by atoms with Crippen LogP contribution in [0.2, 0.25) is 0 Å². The normalized spacial score (nSPS) is 17.4. The molecule has 0 spiro atoms. The van der Waals surface area contributed by atoms with Gasteiger partial charge in [-0.2, -0.15) is 0 Å². The van der Waals surface area contributed by atoms with Crippen LogP contribution in [-0.4, -0.2) is 15.2 Å². The molecule has 0 radical (unpaired) electrons. The highest BCUT2D eigenvalue weighted by Gasteiger charge is 2.21. The van der Waals surface area contributed by atoms with E-state index in [0.717, 1.165) is 11.8 Å².